The van der Waals surface area contributed by atoms with Crippen LogP contribution in [0.4, 0.5) is 0 Å². The van der Waals surface area contributed by atoms with Crippen molar-refractivity contribution in [2.45, 2.75) is 52.2 Å². The van der Waals surface area contributed by atoms with Crippen LogP contribution in [-0.2, 0) is 9.53 Å². The number of fused-ring (bicyclic) bond motifs is 2. The lowest BCUT2D eigenvalue weighted by Gasteiger charge is -2.51. The van der Waals surface area contributed by atoms with Gasteiger partial charge in [0.25, 0.3) is 0 Å². The van der Waals surface area contributed by atoms with E-state index in [4.69, 9.17) is 4.74 Å². The predicted octanol–water partition coefficient (Wildman–Crippen LogP) is 2.97. The van der Waals surface area contributed by atoms with Gasteiger partial charge in [0.1, 0.15) is 5.78 Å². The van der Waals surface area contributed by atoms with E-state index >= 15 is 0 Å². The molecule has 2 fully saturated rings. The molecular weight excluding hydrogens is 200 g/mol. The Kier molecular flexibility index (Phi) is 2.73. The lowest BCUT2D eigenvalue weighted by atomic mass is 9.64. The monoisotopic (exact) mass is 222 g/mol. The van der Waals surface area contributed by atoms with E-state index in [-0.39, 0.29) is 17.6 Å². The van der Waals surface area contributed by atoms with Crippen molar-refractivity contribution in [1.29, 1.82) is 0 Å². The first-order valence-corrected chi connectivity index (χ1v) is 6.19. The standard InChI is InChI=1S/C14H22O2/c1-8(2)13-11-6-10(14(4,5)16-13)7-12(15)9(11)3/h9-11,13H,1,6-7H2,2-5H3/t9-,10-,11+,13-/m1/s1. The first-order chi connectivity index (χ1) is 7.33. The Balaban J connectivity index is 2.31. The summed E-state index contributed by atoms with van der Waals surface area (Å²) in [5.74, 6) is 1.27. The SMILES string of the molecule is C=C(C)[C@H]1OC(C)(C)[C@H]2CC(=O)[C@H](C)[C@@H]1C2. The molecule has 1 saturated carbocycles. The fourth-order valence-electron chi connectivity index (χ4n) is 3.18. The molecule has 0 radical (unpaired) electrons. The molecule has 2 rings (SSSR count). The van der Waals surface area contributed by atoms with Crippen LogP contribution < -0.4 is 0 Å². The van der Waals surface area contributed by atoms with Crippen molar-refractivity contribution >= 4 is 5.78 Å². The van der Waals surface area contributed by atoms with Crippen molar-refractivity contribution in [3.63, 3.8) is 0 Å². The van der Waals surface area contributed by atoms with Crippen LogP contribution in [0.2, 0.25) is 0 Å². The van der Waals surface area contributed by atoms with Crippen LogP contribution in [0.3, 0.4) is 0 Å². The zero-order valence-electron chi connectivity index (χ0n) is 10.7. The molecule has 1 aliphatic heterocycles. The zero-order valence-corrected chi connectivity index (χ0v) is 10.7. The Morgan fingerprint density at radius 3 is 2.69 bits per heavy atom. The van der Waals surface area contributed by atoms with Crippen LogP contribution in [0.5, 0.6) is 0 Å². The van der Waals surface area contributed by atoms with Gasteiger partial charge >= 0.3 is 0 Å². The zero-order chi connectivity index (χ0) is 12.1. The molecule has 0 amide bonds. The van der Waals surface area contributed by atoms with E-state index in [1.54, 1.807) is 0 Å². The van der Waals surface area contributed by atoms with Crippen molar-refractivity contribution in [2.75, 3.05) is 0 Å². The number of Topliss-reactive ketones (excluding diaryl/α,β-unsaturated/α-hetero) is 1. The van der Waals surface area contributed by atoms with E-state index < -0.39 is 0 Å². The molecule has 0 spiro atoms. The van der Waals surface area contributed by atoms with E-state index in [9.17, 15) is 4.79 Å². The van der Waals surface area contributed by atoms with Crippen LogP contribution in [0.25, 0.3) is 0 Å². The third kappa shape index (κ3) is 1.73. The third-order valence-corrected chi connectivity index (χ3v) is 4.44. The maximum Gasteiger partial charge on any atom is 0.136 e. The molecule has 0 unspecified atom stereocenters. The first-order valence-electron chi connectivity index (χ1n) is 6.19. The second-order valence-electron chi connectivity index (χ2n) is 6.04. The van der Waals surface area contributed by atoms with Gasteiger partial charge in [-0.15, -0.1) is 0 Å². The highest BCUT2D eigenvalue weighted by molar-refractivity contribution is 5.82. The minimum Gasteiger partial charge on any atom is -0.367 e. The van der Waals surface area contributed by atoms with Crippen LogP contribution >= 0.6 is 0 Å². The van der Waals surface area contributed by atoms with Crippen LogP contribution in [0.15, 0.2) is 12.2 Å². The number of carbonyl (C=O) groups is 1. The highest BCUT2D eigenvalue weighted by Gasteiger charge is 2.50. The molecule has 1 aliphatic carbocycles. The van der Waals surface area contributed by atoms with E-state index in [2.05, 4.69) is 20.4 Å². The van der Waals surface area contributed by atoms with Gasteiger partial charge in [0.15, 0.2) is 0 Å². The summed E-state index contributed by atoms with van der Waals surface area (Å²) in [4.78, 5) is 12.0. The van der Waals surface area contributed by atoms with Crippen LogP contribution in [0.1, 0.15) is 40.5 Å². The number of ether oxygens (including phenoxy) is 1. The average molecular weight is 222 g/mol. The highest BCUT2D eigenvalue weighted by atomic mass is 16.5. The summed E-state index contributed by atoms with van der Waals surface area (Å²) in [6, 6.07) is 0. The second-order valence-corrected chi connectivity index (χ2v) is 6.04. The van der Waals surface area contributed by atoms with Gasteiger partial charge in [-0.2, -0.15) is 0 Å². The third-order valence-electron chi connectivity index (χ3n) is 4.44. The fraction of sp³-hybridized carbons (Fsp3) is 0.786. The minimum atomic E-state index is -0.185. The maximum atomic E-state index is 12.0. The Morgan fingerprint density at radius 2 is 2.12 bits per heavy atom. The van der Waals surface area contributed by atoms with Crippen molar-refractivity contribution < 1.29 is 9.53 Å². The van der Waals surface area contributed by atoms with Crippen LogP contribution in [0, 0.1) is 17.8 Å². The molecule has 1 heterocycles. The second kappa shape index (κ2) is 3.69. The summed E-state index contributed by atoms with van der Waals surface area (Å²) in [5, 5.41) is 0. The molecule has 0 aromatic carbocycles. The normalized spacial score (nSPS) is 41.9. The molecule has 1 saturated heterocycles. The molecule has 0 aromatic rings. The van der Waals surface area contributed by atoms with Crippen molar-refractivity contribution in [3.8, 4) is 0 Å². The molecule has 2 heteroatoms. The molecule has 2 bridgehead atoms. The maximum absolute atomic E-state index is 12.0. The van der Waals surface area contributed by atoms with Gasteiger partial charge in [0, 0.05) is 12.3 Å². The van der Waals surface area contributed by atoms with E-state index in [1.807, 2.05) is 13.8 Å². The Labute approximate surface area is 98.1 Å². The Morgan fingerprint density at radius 1 is 1.50 bits per heavy atom. The fourth-order valence-corrected chi connectivity index (χ4v) is 3.18. The lowest BCUT2D eigenvalue weighted by molar-refractivity contribution is -0.184. The largest absolute Gasteiger partial charge is 0.367 e. The molecule has 16 heavy (non-hydrogen) atoms. The van der Waals surface area contributed by atoms with Crippen molar-refractivity contribution in [2.24, 2.45) is 17.8 Å². The van der Waals surface area contributed by atoms with Gasteiger partial charge in [0.2, 0.25) is 0 Å². The molecular formula is C14H22O2. The molecule has 0 aromatic heterocycles. The molecule has 4 atom stereocenters. The number of hydrogen-bond acceptors (Lipinski definition) is 2. The molecule has 0 N–H and O–H groups in total. The summed E-state index contributed by atoms with van der Waals surface area (Å²) in [6.07, 6.45) is 1.86. The van der Waals surface area contributed by atoms with E-state index in [0.29, 0.717) is 24.0 Å². The number of hydrogen-bond donors (Lipinski definition) is 0. The average Bonchev–Trinajstić information content (AvgIpc) is 2.17. The van der Waals surface area contributed by atoms with Gasteiger partial charge in [0.05, 0.1) is 11.7 Å². The summed E-state index contributed by atoms with van der Waals surface area (Å²) >= 11 is 0. The quantitative estimate of drug-likeness (QED) is 0.638. The Bertz CT molecular complexity index is 330. The van der Waals surface area contributed by atoms with Crippen molar-refractivity contribution in [1.82, 2.24) is 0 Å². The van der Waals surface area contributed by atoms with Crippen molar-refractivity contribution in [3.05, 3.63) is 12.2 Å². The van der Waals surface area contributed by atoms with Gasteiger partial charge in [-0.25, -0.2) is 0 Å². The number of carbonyl (C=O) groups excluding carboxylic acids is 1. The highest BCUT2D eigenvalue weighted by Crippen LogP contribution is 2.47. The molecule has 2 nitrogen and oxygen atoms in total. The summed E-state index contributed by atoms with van der Waals surface area (Å²) in [7, 11) is 0. The Hall–Kier alpha value is -0.630. The van der Waals surface area contributed by atoms with Gasteiger partial charge in [-0.05, 0) is 39.0 Å². The molecule has 2 aliphatic rings. The summed E-state index contributed by atoms with van der Waals surface area (Å²) < 4.78 is 6.17. The number of ketones is 1. The van der Waals surface area contributed by atoms with Gasteiger partial charge < -0.3 is 4.74 Å². The molecule has 90 valence electrons. The van der Waals surface area contributed by atoms with E-state index in [1.165, 1.54) is 0 Å². The smallest absolute Gasteiger partial charge is 0.136 e. The number of rotatable bonds is 1. The topological polar surface area (TPSA) is 26.3 Å². The van der Waals surface area contributed by atoms with E-state index in [0.717, 1.165) is 12.0 Å². The van der Waals surface area contributed by atoms with Gasteiger partial charge in [-0.1, -0.05) is 19.1 Å². The summed E-state index contributed by atoms with van der Waals surface area (Å²) in [6.45, 7) is 12.3. The predicted molar refractivity (Wildman–Crippen MR) is 64.2 cm³/mol. The summed E-state index contributed by atoms with van der Waals surface area (Å²) in [5.41, 5.74) is 0.869. The minimum absolute atomic E-state index is 0.0606. The lowest BCUT2D eigenvalue weighted by Crippen LogP contribution is -2.54. The first kappa shape index (κ1) is 11.8. The van der Waals surface area contributed by atoms with Crippen LogP contribution in [-0.4, -0.2) is 17.5 Å². The van der Waals surface area contributed by atoms with Gasteiger partial charge in [-0.3, -0.25) is 4.79 Å².